The first kappa shape index (κ1) is 27.7. The van der Waals surface area contributed by atoms with Gasteiger partial charge < -0.3 is 15.2 Å². The number of ketones is 1. The molecule has 1 fully saturated rings. The summed E-state index contributed by atoms with van der Waals surface area (Å²) in [6, 6.07) is 27.8. The summed E-state index contributed by atoms with van der Waals surface area (Å²) in [6.45, 7) is 7.90. The predicted molar refractivity (Wildman–Crippen MR) is 164 cm³/mol. The Balaban J connectivity index is 1.64. The smallest absolute Gasteiger partial charge is 0.300 e. The number of amides is 1. The normalized spacial score (nSPS) is 16.3. The van der Waals surface area contributed by atoms with Gasteiger partial charge in [0.25, 0.3) is 11.7 Å². The number of benzene rings is 4. The van der Waals surface area contributed by atoms with E-state index < -0.39 is 17.7 Å². The monoisotopic (exact) mass is 546 g/mol. The van der Waals surface area contributed by atoms with Gasteiger partial charge in [-0.1, -0.05) is 61.9 Å². The number of methoxy groups -OCH3 is 1. The van der Waals surface area contributed by atoms with Crippen LogP contribution in [0.1, 0.15) is 53.6 Å². The van der Waals surface area contributed by atoms with E-state index >= 15 is 0 Å². The van der Waals surface area contributed by atoms with E-state index in [0.29, 0.717) is 17.0 Å². The number of Topliss-reactive ketones (excluding diaryl/α,β-unsaturated/α-hetero) is 1. The van der Waals surface area contributed by atoms with E-state index in [2.05, 4.69) is 5.32 Å². The van der Waals surface area contributed by atoms with Crippen LogP contribution in [0.2, 0.25) is 0 Å². The average Bonchev–Trinajstić information content (AvgIpc) is 3.23. The Morgan fingerprint density at radius 3 is 2.20 bits per heavy atom. The van der Waals surface area contributed by atoms with Gasteiger partial charge in [0.05, 0.1) is 18.7 Å². The highest BCUT2D eigenvalue weighted by Gasteiger charge is 2.47. The molecule has 0 aliphatic carbocycles. The van der Waals surface area contributed by atoms with Crippen LogP contribution in [-0.4, -0.2) is 23.9 Å². The predicted octanol–water partition coefficient (Wildman–Crippen LogP) is 7.81. The molecule has 2 N–H and O–H groups in total. The van der Waals surface area contributed by atoms with E-state index in [4.69, 9.17) is 4.74 Å². The van der Waals surface area contributed by atoms with Gasteiger partial charge in [-0.3, -0.25) is 14.5 Å². The van der Waals surface area contributed by atoms with Crippen LogP contribution in [0.4, 0.5) is 17.1 Å². The molecule has 1 atom stereocenters. The van der Waals surface area contributed by atoms with Gasteiger partial charge in [0.1, 0.15) is 11.5 Å². The summed E-state index contributed by atoms with van der Waals surface area (Å²) in [5.74, 6) is -0.760. The van der Waals surface area contributed by atoms with Crippen molar-refractivity contribution in [3.05, 3.63) is 124 Å². The van der Waals surface area contributed by atoms with Gasteiger partial charge in [-0.2, -0.15) is 0 Å². The molecule has 41 heavy (non-hydrogen) atoms. The van der Waals surface area contributed by atoms with Crippen LogP contribution in [0.3, 0.4) is 0 Å². The van der Waals surface area contributed by atoms with Gasteiger partial charge in [-0.05, 0) is 85.0 Å². The highest BCUT2D eigenvalue weighted by molar-refractivity contribution is 6.51. The topological polar surface area (TPSA) is 78.9 Å². The van der Waals surface area contributed by atoms with E-state index in [1.807, 2.05) is 119 Å². The molecule has 4 aromatic carbocycles. The molecule has 1 heterocycles. The van der Waals surface area contributed by atoms with Crippen LogP contribution >= 0.6 is 0 Å². The molecule has 0 radical (unpaired) electrons. The lowest BCUT2D eigenvalue weighted by molar-refractivity contribution is -0.132. The van der Waals surface area contributed by atoms with E-state index in [-0.39, 0.29) is 17.3 Å². The van der Waals surface area contributed by atoms with Crippen molar-refractivity contribution in [2.24, 2.45) is 0 Å². The molecular weight excluding hydrogens is 512 g/mol. The summed E-state index contributed by atoms with van der Waals surface area (Å²) in [5, 5.41) is 15.1. The molecule has 6 heteroatoms. The number of aliphatic hydroxyl groups excluding tert-OH is 1. The fraction of sp³-hybridized carbons (Fsp3) is 0.200. The summed E-state index contributed by atoms with van der Waals surface area (Å²) < 4.78 is 5.58. The first-order valence-electron chi connectivity index (χ1n) is 13.7. The largest absolute Gasteiger partial charge is 0.507 e. The third-order valence-corrected chi connectivity index (χ3v) is 7.46. The van der Waals surface area contributed by atoms with Crippen molar-refractivity contribution < 1.29 is 19.4 Å². The molecule has 0 saturated carbocycles. The van der Waals surface area contributed by atoms with Gasteiger partial charge >= 0.3 is 0 Å². The number of nitrogens with zero attached hydrogens (tertiary/aromatic N) is 1. The summed E-state index contributed by atoms with van der Waals surface area (Å²) in [6.07, 6.45) is 0. The van der Waals surface area contributed by atoms with E-state index in [1.54, 1.807) is 7.11 Å². The molecule has 1 aliphatic heterocycles. The molecule has 1 saturated heterocycles. The number of hydrogen-bond donors (Lipinski definition) is 2. The van der Waals surface area contributed by atoms with Gasteiger partial charge in [0.15, 0.2) is 0 Å². The maximum atomic E-state index is 13.7. The third kappa shape index (κ3) is 5.33. The van der Waals surface area contributed by atoms with Crippen molar-refractivity contribution in [1.82, 2.24) is 0 Å². The minimum absolute atomic E-state index is 0.0649. The van der Waals surface area contributed by atoms with Gasteiger partial charge in [-0.15, -0.1) is 0 Å². The number of hydrogen-bond acceptors (Lipinski definition) is 5. The minimum Gasteiger partial charge on any atom is -0.507 e. The highest BCUT2D eigenvalue weighted by atomic mass is 16.5. The molecule has 6 nitrogen and oxygen atoms in total. The molecular formula is C35H34N2O4. The summed E-state index contributed by atoms with van der Waals surface area (Å²) in [7, 11) is 1.62. The number of anilines is 3. The second-order valence-corrected chi connectivity index (χ2v) is 10.7. The molecule has 0 bridgehead atoms. The number of aryl methyl sites for hydroxylation is 2. The van der Waals surface area contributed by atoms with Crippen molar-refractivity contribution in [2.75, 3.05) is 17.3 Å². The third-order valence-electron chi connectivity index (χ3n) is 7.46. The lowest BCUT2D eigenvalue weighted by Gasteiger charge is -2.26. The molecule has 4 aromatic rings. The summed E-state index contributed by atoms with van der Waals surface area (Å²) in [5.41, 5.74) is 6.30. The maximum absolute atomic E-state index is 13.7. The molecule has 208 valence electrons. The van der Waals surface area contributed by atoms with Crippen molar-refractivity contribution >= 4 is 34.5 Å². The molecule has 0 aromatic heterocycles. The first-order valence-corrected chi connectivity index (χ1v) is 13.7. The zero-order valence-electron chi connectivity index (χ0n) is 23.9. The average molecular weight is 547 g/mol. The maximum Gasteiger partial charge on any atom is 0.300 e. The summed E-state index contributed by atoms with van der Waals surface area (Å²) in [4.78, 5) is 28.8. The lowest BCUT2D eigenvalue weighted by atomic mass is 9.90. The number of aliphatic hydroxyl groups is 1. The minimum atomic E-state index is -0.799. The molecule has 1 aliphatic rings. The number of carbonyl (C=O) groups is 2. The molecule has 1 amide bonds. The fourth-order valence-electron chi connectivity index (χ4n) is 5.37. The Morgan fingerprint density at radius 1 is 0.878 bits per heavy atom. The Hall–Kier alpha value is -4.84. The van der Waals surface area contributed by atoms with E-state index in [9.17, 15) is 14.7 Å². The first-order chi connectivity index (χ1) is 19.7. The van der Waals surface area contributed by atoms with Crippen molar-refractivity contribution in [3.8, 4) is 5.75 Å². The molecule has 0 spiro atoms. The van der Waals surface area contributed by atoms with Gasteiger partial charge in [0.2, 0.25) is 0 Å². The van der Waals surface area contributed by atoms with Crippen LogP contribution in [0, 0.1) is 13.8 Å². The number of carbonyl (C=O) groups excluding carboxylic acids is 2. The number of para-hydroxylation sites is 1. The van der Waals surface area contributed by atoms with Gasteiger partial charge in [-0.25, -0.2) is 0 Å². The van der Waals surface area contributed by atoms with E-state index in [0.717, 1.165) is 33.6 Å². The van der Waals surface area contributed by atoms with Crippen LogP contribution < -0.4 is 15.0 Å². The second-order valence-electron chi connectivity index (χ2n) is 10.7. The SMILES string of the molecule is COc1cc(C)c(/C(O)=C2\C(=O)C(=O)N(c3ccc(Nc4ccccc4)cc3)C2c2cccc(C)c2)cc1C(C)C. The Morgan fingerprint density at radius 2 is 1.56 bits per heavy atom. The lowest BCUT2D eigenvalue weighted by Crippen LogP contribution is -2.29. The molecule has 1 unspecified atom stereocenters. The standard InChI is InChI=1S/C35H34N2O4/c1-21(2)28-20-29(23(4)19-30(28)41-5)33(38)31-32(24-11-9-10-22(3)18-24)37(35(40)34(31)39)27-16-14-26(15-17-27)36-25-12-7-6-8-13-25/h6-21,32,36,38H,1-5H3/b33-31+. The van der Waals surface area contributed by atoms with E-state index in [1.165, 1.54) is 4.90 Å². The fourth-order valence-corrected chi connectivity index (χ4v) is 5.37. The molecule has 5 rings (SSSR count). The number of nitrogens with one attached hydrogen (secondary N) is 1. The summed E-state index contributed by atoms with van der Waals surface area (Å²) >= 11 is 0. The quantitative estimate of drug-likeness (QED) is 0.140. The second kappa shape index (κ2) is 11.3. The van der Waals surface area contributed by atoms with Crippen LogP contribution in [-0.2, 0) is 9.59 Å². The highest BCUT2D eigenvalue weighted by Crippen LogP contribution is 2.44. The van der Waals surface area contributed by atoms with Crippen molar-refractivity contribution in [3.63, 3.8) is 0 Å². The Labute approximate surface area is 240 Å². The Kier molecular flexibility index (Phi) is 7.66. The van der Waals surface area contributed by atoms with Crippen LogP contribution in [0.25, 0.3) is 5.76 Å². The number of ether oxygens (including phenoxy) is 1. The van der Waals surface area contributed by atoms with Crippen molar-refractivity contribution in [2.45, 2.75) is 39.7 Å². The number of rotatable bonds is 7. The zero-order chi connectivity index (χ0) is 29.3. The van der Waals surface area contributed by atoms with Crippen LogP contribution in [0.5, 0.6) is 5.75 Å². The Bertz CT molecular complexity index is 1640. The van der Waals surface area contributed by atoms with Crippen LogP contribution in [0.15, 0.2) is 96.6 Å². The zero-order valence-corrected chi connectivity index (χ0v) is 23.9. The van der Waals surface area contributed by atoms with Gasteiger partial charge in [0, 0.05) is 22.6 Å². The van der Waals surface area contributed by atoms with Crippen molar-refractivity contribution in [1.29, 1.82) is 0 Å².